The van der Waals surface area contributed by atoms with Gasteiger partial charge in [-0.25, -0.2) is 0 Å². The standard InChI is InChI=1S/C28H27N5O5S/c1-3-4-16-38-24-14-10-20(11-15-24)27(35)29-22-7-5-6-21(17-22)26-30-31-28(32(26)2)39-18-25(34)19-8-12-23(13-9-19)33(36)37/h5-15,17H,3-4,16,18H2,1-2H3,(H,29,35). The van der Waals surface area contributed by atoms with Crippen LogP contribution in [-0.4, -0.2) is 43.7 Å². The molecule has 0 spiro atoms. The summed E-state index contributed by atoms with van der Waals surface area (Å²) in [5.41, 5.74) is 2.18. The number of hydrogen-bond acceptors (Lipinski definition) is 8. The molecular weight excluding hydrogens is 518 g/mol. The predicted octanol–water partition coefficient (Wildman–Crippen LogP) is 5.80. The first-order valence-electron chi connectivity index (χ1n) is 12.3. The summed E-state index contributed by atoms with van der Waals surface area (Å²) in [6.07, 6.45) is 2.03. The SMILES string of the molecule is CCCCOc1ccc(C(=O)Nc2cccc(-c3nnc(SCC(=O)c4ccc([N+](=O)[O-])cc4)n3C)c2)cc1. The molecule has 4 aromatic rings. The van der Waals surface area contributed by atoms with E-state index in [2.05, 4.69) is 22.4 Å². The Morgan fingerprint density at radius 1 is 1.03 bits per heavy atom. The van der Waals surface area contributed by atoms with E-state index in [0.717, 1.165) is 24.2 Å². The lowest BCUT2D eigenvalue weighted by Crippen LogP contribution is -2.12. The lowest BCUT2D eigenvalue weighted by atomic mass is 10.1. The number of ether oxygens (including phenoxy) is 1. The molecule has 11 heteroatoms. The van der Waals surface area contributed by atoms with E-state index in [-0.39, 0.29) is 23.1 Å². The molecule has 4 rings (SSSR count). The largest absolute Gasteiger partial charge is 0.494 e. The number of thioether (sulfide) groups is 1. The number of rotatable bonds is 12. The van der Waals surface area contributed by atoms with Crippen LogP contribution in [0.25, 0.3) is 11.4 Å². The Kier molecular flexibility index (Phi) is 9.06. The first kappa shape index (κ1) is 27.5. The Morgan fingerprint density at radius 2 is 1.74 bits per heavy atom. The van der Waals surface area contributed by atoms with Gasteiger partial charge in [-0.2, -0.15) is 0 Å². The molecule has 0 fully saturated rings. The van der Waals surface area contributed by atoms with Gasteiger partial charge in [-0.3, -0.25) is 19.7 Å². The zero-order chi connectivity index (χ0) is 27.8. The first-order valence-corrected chi connectivity index (χ1v) is 13.3. The van der Waals surface area contributed by atoms with Crippen molar-refractivity contribution in [2.75, 3.05) is 17.7 Å². The number of unbranched alkanes of at least 4 members (excludes halogenated alkanes) is 1. The topological polar surface area (TPSA) is 129 Å². The molecule has 0 aliphatic heterocycles. The van der Waals surface area contributed by atoms with Crippen molar-refractivity contribution in [3.63, 3.8) is 0 Å². The summed E-state index contributed by atoms with van der Waals surface area (Å²) in [7, 11) is 1.80. The second-order valence-corrected chi connectivity index (χ2v) is 9.58. The summed E-state index contributed by atoms with van der Waals surface area (Å²) < 4.78 is 7.42. The van der Waals surface area contributed by atoms with Crippen LogP contribution in [-0.2, 0) is 7.05 Å². The fourth-order valence-electron chi connectivity index (χ4n) is 3.65. The van der Waals surface area contributed by atoms with E-state index in [0.29, 0.717) is 34.4 Å². The van der Waals surface area contributed by atoms with Gasteiger partial charge in [-0.05, 0) is 55.0 Å². The molecular formula is C28H27N5O5S. The Bertz CT molecular complexity index is 1470. The minimum atomic E-state index is -0.507. The Morgan fingerprint density at radius 3 is 2.44 bits per heavy atom. The van der Waals surface area contributed by atoms with Crippen molar-refractivity contribution < 1.29 is 19.2 Å². The van der Waals surface area contributed by atoms with E-state index in [1.165, 1.54) is 36.0 Å². The van der Waals surface area contributed by atoms with Gasteiger partial charge in [0, 0.05) is 41.6 Å². The van der Waals surface area contributed by atoms with E-state index in [4.69, 9.17) is 4.74 Å². The van der Waals surface area contributed by atoms with Gasteiger partial charge in [0.2, 0.25) is 0 Å². The number of nitrogens with zero attached hydrogens (tertiary/aromatic N) is 4. The summed E-state index contributed by atoms with van der Waals surface area (Å²) >= 11 is 1.22. The van der Waals surface area contributed by atoms with Crippen LogP contribution in [0.4, 0.5) is 11.4 Å². The highest BCUT2D eigenvalue weighted by Crippen LogP contribution is 2.26. The third kappa shape index (κ3) is 7.08. The zero-order valence-electron chi connectivity index (χ0n) is 21.5. The van der Waals surface area contributed by atoms with Crippen LogP contribution in [0.2, 0.25) is 0 Å². The van der Waals surface area contributed by atoms with E-state index >= 15 is 0 Å². The lowest BCUT2D eigenvalue weighted by molar-refractivity contribution is -0.384. The third-order valence-electron chi connectivity index (χ3n) is 5.83. The molecule has 0 aliphatic rings. The summed E-state index contributed by atoms with van der Waals surface area (Å²) in [5.74, 6) is 0.982. The molecule has 39 heavy (non-hydrogen) atoms. The van der Waals surface area contributed by atoms with Gasteiger partial charge in [0.1, 0.15) is 5.75 Å². The highest BCUT2D eigenvalue weighted by Gasteiger charge is 2.16. The van der Waals surface area contributed by atoms with Crippen molar-refractivity contribution in [2.24, 2.45) is 7.05 Å². The van der Waals surface area contributed by atoms with Crippen LogP contribution in [0.5, 0.6) is 5.75 Å². The molecule has 1 N–H and O–H groups in total. The molecule has 1 amide bonds. The van der Waals surface area contributed by atoms with Crippen molar-refractivity contribution in [2.45, 2.75) is 24.9 Å². The summed E-state index contributed by atoms with van der Waals surface area (Å²) in [6, 6.07) is 19.8. The van der Waals surface area contributed by atoms with Crippen LogP contribution in [0.1, 0.15) is 40.5 Å². The van der Waals surface area contributed by atoms with Crippen molar-refractivity contribution in [1.82, 2.24) is 14.8 Å². The van der Waals surface area contributed by atoms with Crippen LogP contribution >= 0.6 is 11.8 Å². The fourth-order valence-corrected chi connectivity index (χ4v) is 4.46. The molecule has 1 heterocycles. The monoisotopic (exact) mass is 545 g/mol. The second-order valence-electron chi connectivity index (χ2n) is 8.64. The normalized spacial score (nSPS) is 10.7. The number of carbonyl (C=O) groups excluding carboxylic acids is 2. The maximum atomic E-state index is 12.8. The lowest BCUT2D eigenvalue weighted by Gasteiger charge is -2.09. The van der Waals surface area contributed by atoms with Gasteiger partial charge in [-0.15, -0.1) is 10.2 Å². The number of anilines is 1. The number of hydrogen-bond donors (Lipinski definition) is 1. The smallest absolute Gasteiger partial charge is 0.269 e. The number of nitro benzene ring substituents is 1. The molecule has 200 valence electrons. The number of carbonyl (C=O) groups is 2. The average molecular weight is 546 g/mol. The highest BCUT2D eigenvalue weighted by atomic mass is 32.2. The molecule has 0 aliphatic carbocycles. The van der Waals surface area contributed by atoms with Gasteiger partial charge >= 0.3 is 0 Å². The molecule has 0 radical (unpaired) electrons. The Balaban J connectivity index is 1.38. The van der Waals surface area contributed by atoms with Gasteiger partial charge in [0.25, 0.3) is 11.6 Å². The number of nitro groups is 1. The number of benzene rings is 3. The van der Waals surface area contributed by atoms with Gasteiger partial charge in [0.05, 0.1) is 17.3 Å². The van der Waals surface area contributed by atoms with Crippen LogP contribution in [0.15, 0.2) is 78.0 Å². The highest BCUT2D eigenvalue weighted by molar-refractivity contribution is 7.99. The number of amides is 1. The maximum absolute atomic E-state index is 12.8. The van der Waals surface area contributed by atoms with Crippen LogP contribution in [0.3, 0.4) is 0 Å². The number of nitrogens with one attached hydrogen (secondary N) is 1. The van der Waals surface area contributed by atoms with Crippen molar-refractivity contribution in [3.05, 3.63) is 94.0 Å². The zero-order valence-corrected chi connectivity index (χ0v) is 22.3. The number of Topliss-reactive ketones (excluding diaryl/α,β-unsaturated/α-hetero) is 1. The Hall–Kier alpha value is -4.51. The number of non-ortho nitro benzene ring substituents is 1. The quantitative estimate of drug-likeness (QED) is 0.0778. The van der Waals surface area contributed by atoms with E-state index in [1.807, 2.05) is 12.1 Å². The predicted molar refractivity (Wildman–Crippen MR) is 149 cm³/mol. The van der Waals surface area contributed by atoms with Crippen molar-refractivity contribution >= 4 is 34.8 Å². The molecule has 10 nitrogen and oxygen atoms in total. The summed E-state index contributed by atoms with van der Waals surface area (Å²) in [6.45, 7) is 2.75. The minimum Gasteiger partial charge on any atom is -0.494 e. The fraction of sp³-hybridized carbons (Fsp3) is 0.214. The molecule has 0 saturated heterocycles. The summed E-state index contributed by atoms with van der Waals surface area (Å²) in [4.78, 5) is 35.6. The second kappa shape index (κ2) is 12.8. The Labute approximate surface area is 229 Å². The van der Waals surface area contributed by atoms with Crippen LogP contribution < -0.4 is 10.1 Å². The molecule has 1 aromatic heterocycles. The average Bonchev–Trinajstić information content (AvgIpc) is 3.32. The van der Waals surface area contributed by atoms with Gasteiger partial charge < -0.3 is 14.6 Å². The molecule has 0 bridgehead atoms. The van der Waals surface area contributed by atoms with Crippen LogP contribution in [0, 0.1) is 10.1 Å². The van der Waals surface area contributed by atoms with E-state index < -0.39 is 4.92 Å². The van der Waals surface area contributed by atoms with Gasteiger partial charge in [0.15, 0.2) is 16.8 Å². The van der Waals surface area contributed by atoms with E-state index in [9.17, 15) is 19.7 Å². The molecule has 0 saturated carbocycles. The maximum Gasteiger partial charge on any atom is 0.269 e. The number of aromatic nitrogens is 3. The number of ketones is 1. The summed E-state index contributed by atoms with van der Waals surface area (Å²) in [5, 5.41) is 22.7. The third-order valence-corrected chi connectivity index (χ3v) is 6.85. The van der Waals surface area contributed by atoms with Crippen molar-refractivity contribution in [1.29, 1.82) is 0 Å². The minimum absolute atomic E-state index is 0.0686. The van der Waals surface area contributed by atoms with E-state index in [1.54, 1.807) is 48.0 Å². The molecule has 0 atom stereocenters. The van der Waals surface area contributed by atoms with Gasteiger partial charge in [-0.1, -0.05) is 37.2 Å². The molecule has 0 unspecified atom stereocenters. The first-order chi connectivity index (χ1) is 18.9. The molecule has 3 aromatic carbocycles. The van der Waals surface area contributed by atoms with Crippen molar-refractivity contribution in [3.8, 4) is 17.1 Å².